The summed E-state index contributed by atoms with van der Waals surface area (Å²) in [6.07, 6.45) is 6.18. The molecular weight excluding hydrogens is 308 g/mol. The number of carbonyl (C=O) groups excluding carboxylic acids is 1. The molecule has 7 nitrogen and oxygen atoms in total. The Morgan fingerprint density at radius 2 is 2.33 bits per heavy atom. The molecule has 2 aromatic heterocycles. The van der Waals surface area contributed by atoms with Gasteiger partial charge in [0.1, 0.15) is 5.75 Å². The summed E-state index contributed by atoms with van der Waals surface area (Å²) in [5, 5.41) is 16.5. The first-order chi connectivity index (χ1) is 11.6. The van der Waals surface area contributed by atoms with E-state index in [2.05, 4.69) is 15.4 Å². The van der Waals surface area contributed by atoms with Crippen LogP contribution >= 0.6 is 0 Å². The molecule has 7 heteroatoms. The van der Waals surface area contributed by atoms with Gasteiger partial charge in [0.05, 0.1) is 32.5 Å². The van der Waals surface area contributed by atoms with Crippen molar-refractivity contribution in [3.8, 4) is 5.75 Å². The highest BCUT2D eigenvalue weighted by Gasteiger charge is 2.27. The van der Waals surface area contributed by atoms with Gasteiger partial charge in [-0.25, -0.2) is 4.98 Å². The Balaban J connectivity index is 1.81. The van der Waals surface area contributed by atoms with Crippen molar-refractivity contribution in [3.05, 3.63) is 41.0 Å². The van der Waals surface area contributed by atoms with E-state index in [4.69, 9.17) is 9.84 Å². The molecule has 0 saturated heterocycles. The lowest BCUT2D eigenvalue weighted by Gasteiger charge is -2.24. The molecule has 0 aliphatic heterocycles. The van der Waals surface area contributed by atoms with Crippen molar-refractivity contribution in [1.82, 2.24) is 20.1 Å². The summed E-state index contributed by atoms with van der Waals surface area (Å²) in [4.78, 5) is 16.8. The zero-order chi connectivity index (χ0) is 17.1. The molecule has 128 valence electrons. The lowest BCUT2D eigenvalue weighted by molar-refractivity contribution is 0.0924. The van der Waals surface area contributed by atoms with Crippen molar-refractivity contribution < 1.29 is 14.6 Å². The number of aryl methyl sites for hydroxylation is 1. The van der Waals surface area contributed by atoms with E-state index >= 15 is 0 Å². The second-order valence-electron chi connectivity index (χ2n) is 5.98. The van der Waals surface area contributed by atoms with Gasteiger partial charge in [-0.3, -0.25) is 9.48 Å². The Bertz CT molecular complexity index is 741. The fourth-order valence-corrected chi connectivity index (χ4v) is 3.15. The van der Waals surface area contributed by atoms with E-state index < -0.39 is 0 Å². The largest absolute Gasteiger partial charge is 0.494 e. The molecule has 1 amide bonds. The summed E-state index contributed by atoms with van der Waals surface area (Å²) in [5.41, 5.74) is 3.34. The quantitative estimate of drug-likeness (QED) is 0.865. The number of nitrogens with zero attached hydrogens (tertiary/aromatic N) is 3. The van der Waals surface area contributed by atoms with Gasteiger partial charge >= 0.3 is 0 Å². The summed E-state index contributed by atoms with van der Waals surface area (Å²) in [5.74, 6) is 0.221. The highest BCUT2D eigenvalue weighted by Crippen LogP contribution is 2.30. The summed E-state index contributed by atoms with van der Waals surface area (Å²) in [6, 6.07) is 1.70. The number of ether oxygens (including phenoxy) is 1. The van der Waals surface area contributed by atoms with Crippen molar-refractivity contribution in [1.29, 1.82) is 0 Å². The SMILES string of the molecule is COc1cc(C)cnc1C(=O)NC1CCCc2c1cnn2CCO. The molecule has 1 unspecified atom stereocenters. The van der Waals surface area contributed by atoms with Crippen LogP contribution in [-0.4, -0.2) is 39.5 Å². The lowest BCUT2D eigenvalue weighted by Crippen LogP contribution is -2.32. The van der Waals surface area contributed by atoms with E-state index in [9.17, 15) is 4.79 Å². The van der Waals surface area contributed by atoms with Crippen LogP contribution in [0.1, 0.15) is 46.2 Å². The van der Waals surface area contributed by atoms with Crippen molar-refractivity contribution in [2.75, 3.05) is 13.7 Å². The fourth-order valence-electron chi connectivity index (χ4n) is 3.15. The molecular formula is C17H22N4O3. The minimum absolute atomic E-state index is 0.0512. The maximum atomic E-state index is 12.6. The highest BCUT2D eigenvalue weighted by molar-refractivity contribution is 5.95. The van der Waals surface area contributed by atoms with Gasteiger partial charge in [0, 0.05) is 17.5 Å². The second-order valence-corrected chi connectivity index (χ2v) is 5.98. The monoisotopic (exact) mass is 330 g/mol. The number of aliphatic hydroxyl groups excluding tert-OH is 1. The van der Waals surface area contributed by atoms with Crippen LogP contribution in [0.4, 0.5) is 0 Å². The molecule has 1 aliphatic rings. The fraction of sp³-hybridized carbons (Fsp3) is 0.471. The van der Waals surface area contributed by atoms with Crippen LogP contribution in [0, 0.1) is 6.92 Å². The van der Waals surface area contributed by atoms with E-state index in [0.717, 1.165) is 36.1 Å². The van der Waals surface area contributed by atoms with E-state index in [1.165, 1.54) is 7.11 Å². The van der Waals surface area contributed by atoms with Crippen LogP contribution in [0.3, 0.4) is 0 Å². The van der Waals surface area contributed by atoms with Gasteiger partial charge < -0.3 is 15.2 Å². The van der Waals surface area contributed by atoms with E-state index in [-0.39, 0.29) is 24.2 Å². The predicted molar refractivity (Wildman–Crippen MR) is 88.0 cm³/mol. The number of fused-ring (bicyclic) bond motifs is 1. The zero-order valence-electron chi connectivity index (χ0n) is 14.0. The van der Waals surface area contributed by atoms with E-state index in [1.54, 1.807) is 18.5 Å². The van der Waals surface area contributed by atoms with Gasteiger partial charge in [-0.2, -0.15) is 5.10 Å². The Labute approximate surface area is 140 Å². The molecule has 0 bridgehead atoms. The molecule has 0 saturated carbocycles. The summed E-state index contributed by atoms with van der Waals surface area (Å²) >= 11 is 0. The molecule has 1 atom stereocenters. The molecule has 0 radical (unpaired) electrons. The third kappa shape index (κ3) is 3.12. The smallest absolute Gasteiger partial charge is 0.274 e. The average molecular weight is 330 g/mol. The normalized spacial score (nSPS) is 16.5. The number of aromatic nitrogens is 3. The number of amides is 1. The minimum atomic E-state index is -0.250. The minimum Gasteiger partial charge on any atom is -0.494 e. The Kier molecular flexibility index (Phi) is 4.80. The second kappa shape index (κ2) is 7.00. The number of carbonyl (C=O) groups is 1. The summed E-state index contributed by atoms with van der Waals surface area (Å²) < 4.78 is 7.09. The van der Waals surface area contributed by atoms with Crippen molar-refractivity contribution in [2.45, 2.75) is 38.8 Å². The Hall–Kier alpha value is -2.41. The zero-order valence-corrected chi connectivity index (χ0v) is 14.0. The number of pyridine rings is 1. The van der Waals surface area contributed by atoms with Crippen LogP contribution in [0.25, 0.3) is 0 Å². The molecule has 2 heterocycles. The van der Waals surface area contributed by atoms with Gasteiger partial charge in [0.15, 0.2) is 5.69 Å². The first-order valence-corrected chi connectivity index (χ1v) is 8.11. The maximum absolute atomic E-state index is 12.6. The standard InChI is InChI=1S/C17H22N4O3/c1-11-8-15(24-2)16(18-9-11)17(23)20-13-4-3-5-14-12(13)10-19-21(14)6-7-22/h8-10,13,22H,3-7H2,1-2H3,(H,20,23). The van der Waals surface area contributed by atoms with Crippen LogP contribution in [0.5, 0.6) is 5.75 Å². The number of methoxy groups -OCH3 is 1. The molecule has 0 fully saturated rings. The van der Waals surface area contributed by atoms with Crippen LogP contribution in [0.15, 0.2) is 18.5 Å². The number of hydrogen-bond acceptors (Lipinski definition) is 5. The Morgan fingerprint density at radius 1 is 1.50 bits per heavy atom. The molecule has 0 aromatic carbocycles. The first kappa shape index (κ1) is 16.4. The predicted octanol–water partition coefficient (Wildman–Crippen LogP) is 1.39. The van der Waals surface area contributed by atoms with Gasteiger partial charge in [0.25, 0.3) is 5.91 Å². The topological polar surface area (TPSA) is 89.3 Å². The van der Waals surface area contributed by atoms with Crippen LogP contribution in [0.2, 0.25) is 0 Å². The Morgan fingerprint density at radius 3 is 3.08 bits per heavy atom. The summed E-state index contributed by atoms with van der Waals surface area (Å²) in [7, 11) is 1.53. The third-order valence-electron chi connectivity index (χ3n) is 4.30. The molecule has 0 spiro atoms. The number of hydrogen-bond donors (Lipinski definition) is 2. The van der Waals surface area contributed by atoms with Crippen molar-refractivity contribution in [2.24, 2.45) is 0 Å². The third-order valence-corrected chi connectivity index (χ3v) is 4.30. The number of rotatable bonds is 5. The van der Waals surface area contributed by atoms with Gasteiger partial charge in [0.2, 0.25) is 0 Å². The van der Waals surface area contributed by atoms with Gasteiger partial charge in [-0.05, 0) is 37.8 Å². The van der Waals surface area contributed by atoms with E-state index in [0.29, 0.717) is 12.3 Å². The molecule has 3 rings (SSSR count). The van der Waals surface area contributed by atoms with Crippen LogP contribution in [-0.2, 0) is 13.0 Å². The first-order valence-electron chi connectivity index (χ1n) is 8.11. The number of aliphatic hydroxyl groups is 1. The van der Waals surface area contributed by atoms with Gasteiger partial charge in [-0.1, -0.05) is 0 Å². The number of nitrogens with one attached hydrogen (secondary N) is 1. The molecule has 24 heavy (non-hydrogen) atoms. The van der Waals surface area contributed by atoms with E-state index in [1.807, 2.05) is 11.6 Å². The average Bonchev–Trinajstić information content (AvgIpc) is 2.99. The lowest BCUT2D eigenvalue weighted by atomic mass is 9.93. The molecule has 1 aliphatic carbocycles. The van der Waals surface area contributed by atoms with Crippen LogP contribution < -0.4 is 10.1 Å². The van der Waals surface area contributed by atoms with Gasteiger partial charge in [-0.15, -0.1) is 0 Å². The van der Waals surface area contributed by atoms with Crippen molar-refractivity contribution >= 4 is 5.91 Å². The highest BCUT2D eigenvalue weighted by atomic mass is 16.5. The summed E-state index contributed by atoms with van der Waals surface area (Å²) in [6.45, 7) is 2.43. The molecule has 2 aromatic rings. The maximum Gasteiger partial charge on any atom is 0.274 e. The van der Waals surface area contributed by atoms with Crippen molar-refractivity contribution in [3.63, 3.8) is 0 Å². The molecule has 2 N–H and O–H groups in total.